The molecule has 0 saturated heterocycles. The van der Waals surface area contributed by atoms with Crippen molar-refractivity contribution in [3.8, 4) is 23.4 Å². The fraction of sp³-hybridized carbons (Fsp3) is 0.100. The number of hydrogen-bond donors (Lipinski definition) is 2. The van der Waals surface area contributed by atoms with Crippen LogP contribution in [0.5, 0.6) is 17.4 Å². The molecule has 0 aliphatic carbocycles. The van der Waals surface area contributed by atoms with Crippen molar-refractivity contribution in [3.63, 3.8) is 0 Å². The molecule has 2 aromatic carbocycles. The summed E-state index contributed by atoms with van der Waals surface area (Å²) in [5.41, 5.74) is 8.46. The molecule has 0 saturated carbocycles. The van der Waals surface area contributed by atoms with Gasteiger partial charge in [0.25, 0.3) is 0 Å². The van der Waals surface area contributed by atoms with E-state index in [1.54, 1.807) is 12.1 Å². The molecule has 1 aliphatic rings. The summed E-state index contributed by atoms with van der Waals surface area (Å²) in [5, 5.41) is 12.6. The molecular weight excluding hydrogens is 408 g/mol. The Hall–Kier alpha value is -3.24. The van der Waals surface area contributed by atoms with Gasteiger partial charge >= 0.3 is 0 Å². The number of nitrogens with two attached hydrogens (primary N) is 1. The fourth-order valence-corrected chi connectivity index (χ4v) is 3.07. The zero-order valence-electron chi connectivity index (χ0n) is 14.2. The van der Waals surface area contributed by atoms with Crippen LogP contribution in [0.2, 0.25) is 0 Å². The van der Waals surface area contributed by atoms with Crippen LogP contribution in [0.4, 0.5) is 17.2 Å². The number of nitrogens with one attached hydrogen (secondary N) is 1. The van der Waals surface area contributed by atoms with Gasteiger partial charge in [-0.15, -0.1) is 0 Å². The summed E-state index contributed by atoms with van der Waals surface area (Å²) in [6, 6.07) is 16.9. The van der Waals surface area contributed by atoms with Crippen LogP contribution in [0, 0.1) is 11.3 Å². The predicted octanol–water partition coefficient (Wildman–Crippen LogP) is 4.77. The summed E-state index contributed by atoms with van der Waals surface area (Å²) < 4.78 is 12.4. The molecule has 0 radical (unpaired) electrons. The summed E-state index contributed by atoms with van der Waals surface area (Å²) >= 11 is 3.40. The molecular formula is C20H15BrN4O2. The summed E-state index contributed by atoms with van der Waals surface area (Å²) in [6.45, 7) is 0.667. The standard InChI is InChI=1S/C20H15BrN4O2/c21-13-1-3-14(4-2-13)24-19-10-17(23)16(11-22)20(25-19)27-15-5-6-18-12(9-15)7-8-26-18/h1-6,9-10H,7-8H2,(H3,23,24,25). The average molecular weight is 423 g/mol. The van der Waals surface area contributed by atoms with Gasteiger partial charge in [-0.3, -0.25) is 0 Å². The smallest absolute Gasteiger partial charge is 0.241 e. The van der Waals surface area contributed by atoms with E-state index in [1.165, 1.54) is 0 Å². The molecule has 6 nitrogen and oxygen atoms in total. The number of nitrogens with zero attached hydrogens (tertiary/aromatic N) is 2. The first-order chi connectivity index (χ1) is 13.1. The number of hydrogen-bond acceptors (Lipinski definition) is 6. The number of pyridine rings is 1. The first-order valence-electron chi connectivity index (χ1n) is 8.29. The van der Waals surface area contributed by atoms with Crippen molar-refractivity contribution < 1.29 is 9.47 Å². The Morgan fingerprint density at radius 2 is 2.00 bits per heavy atom. The van der Waals surface area contributed by atoms with Gasteiger partial charge in [-0.1, -0.05) is 15.9 Å². The molecule has 0 spiro atoms. The van der Waals surface area contributed by atoms with Gasteiger partial charge < -0.3 is 20.5 Å². The normalized spacial score (nSPS) is 12.0. The van der Waals surface area contributed by atoms with E-state index in [0.717, 1.165) is 27.9 Å². The number of nitrogen functional groups attached to an aromatic ring is 1. The highest BCUT2D eigenvalue weighted by Crippen LogP contribution is 2.34. The van der Waals surface area contributed by atoms with E-state index in [-0.39, 0.29) is 11.4 Å². The van der Waals surface area contributed by atoms with Gasteiger partial charge in [-0.2, -0.15) is 10.2 Å². The predicted molar refractivity (Wildman–Crippen MR) is 107 cm³/mol. The minimum absolute atomic E-state index is 0.163. The number of ether oxygens (including phenoxy) is 2. The second kappa shape index (κ2) is 7.17. The summed E-state index contributed by atoms with van der Waals surface area (Å²) in [7, 11) is 0. The minimum Gasteiger partial charge on any atom is -0.493 e. The van der Waals surface area contributed by atoms with E-state index in [0.29, 0.717) is 23.9 Å². The maximum atomic E-state index is 9.45. The van der Waals surface area contributed by atoms with Crippen LogP contribution in [0.25, 0.3) is 0 Å². The third kappa shape index (κ3) is 3.66. The van der Waals surface area contributed by atoms with Crippen molar-refractivity contribution >= 4 is 33.1 Å². The lowest BCUT2D eigenvalue weighted by Gasteiger charge is -2.12. The Morgan fingerprint density at radius 3 is 2.78 bits per heavy atom. The maximum Gasteiger partial charge on any atom is 0.241 e. The molecule has 7 heteroatoms. The first kappa shape index (κ1) is 17.2. The van der Waals surface area contributed by atoms with E-state index in [4.69, 9.17) is 15.2 Å². The Kier molecular flexibility index (Phi) is 4.57. The van der Waals surface area contributed by atoms with Crippen LogP contribution in [0.15, 0.2) is 53.0 Å². The highest BCUT2D eigenvalue weighted by atomic mass is 79.9. The van der Waals surface area contributed by atoms with Crippen LogP contribution in [-0.2, 0) is 6.42 Å². The van der Waals surface area contributed by atoms with Crippen molar-refractivity contribution in [2.45, 2.75) is 6.42 Å². The summed E-state index contributed by atoms with van der Waals surface area (Å²) in [5.74, 6) is 2.11. The van der Waals surface area contributed by atoms with Crippen molar-refractivity contribution in [1.29, 1.82) is 5.26 Å². The monoisotopic (exact) mass is 422 g/mol. The third-order valence-corrected chi connectivity index (χ3v) is 4.65. The summed E-state index contributed by atoms with van der Waals surface area (Å²) in [6.07, 6.45) is 0.832. The van der Waals surface area contributed by atoms with Gasteiger partial charge in [0.1, 0.15) is 28.9 Å². The van der Waals surface area contributed by atoms with Crippen LogP contribution >= 0.6 is 15.9 Å². The number of nitriles is 1. The van der Waals surface area contributed by atoms with Crippen LogP contribution in [0.3, 0.4) is 0 Å². The minimum atomic E-state index is 0.163. The van der Waals surface area contributed by atoms with Gasteiger partial charge in [0.05, 0.1) is 12.3 Å². The van der Waals surface area contributed by atoms with Crippen molar-refractivity contribution in [3.05, 3.63) is 64.1 Å². The zero-order valence-corrected chi connectivity index (χ0v) is 15.8. The van der Waals surface area contributed by atoms with Crippen molar-refractivity contribution in [1.82, 2.24) is 4.98 Å². The van der Waals surface area contributed by atoms with Crippen LogP contribution in [0.1, 0.15) is 11.1 Å². The molecule has 0 bridgehead atoms. The Labute approximate surface area is 164 Å². The zero-order chi connectivity index (χ0) is 18.8. The topological polar surface area (TPSA) is 93.2 Å². The van der Waals surface area contributed by atoms with E-state index in [2.05, 4.69) is 32.3 Å². The Bertz CT molecular complexity index is 1050. The van der Waals surface area contributed by atoms with Crippen LogP contribution in [-0.4, -0.2) is 11.6 Å². The van der Waals surface area contributed by atoms with Gasteiger partial charge in [0.15, 0.2) is 0 Å². The largest absolute Gasteiger partial charge is 0.493 e. The van der Waals surface area contributed by atoms with Gasteiger partial charge in [-0.05, 0) is 42.5 Å². The van der Waals surface area contributed by atoms with E-state index in [9.17, 15) is 5.26 Å². The third-order valence-electron chi connectivity index (χ3n) is 4.12. The summed E-state index contributed by atoms with van der Waals surface area (Å²) in [4.78, 5) is 4.43. The number of fused-ring (bicyclic) bond motifs is 1. The van der Waals surface area contributed by atoms with Gasteiger partial charge in [-0.25, -0.2) is 0 Å². The maximum absolute atomic E-state index is 9.45. The SMILES string of the molecule is N#Cc1c(N)cc(Nc2ccc(Br)cc2)nc1Oc1ccc2c(c1)CCO2. The molecule has 0 amide bonds. The number of rotatable bonds is 4. The number of aromatic nitrogens is 1. The first-order valence-corrected chi connectivity index (χ1v) is 9.08. The molecule has 4 rings (SSSR count). The molecule has 134 valence electrons. The molecule has 0 fully saturated rings. The molecule has 1 aliphatic heterocycles. The van der Waals surface area contributed by atoms with E-state index >= 15 is 0 Å². The number of benzene rings is 2. The molecule has 0 atom stereocenters. The van der Waals surface area contributed by atoms with E-state index in [1.807, 2.05) is 36.4 Å². The second-order valence-electron chi connectivity index (χ2n) is 5.99. The molecule has 0 unspecified atom stereocenters. The van der Waals surface area contributed by atoms with E-state index < -0.39 is 0 Å². The molecule has 3 aromatic rings. The lowest BCUT2D eigenvalue weighted by Crippen LogP contribution is -2.02. The number of halogens is 1. The lowest BCUT2D eigenvalue weighted by molar-refractivity contribution is 0.356. The van der Waals surface area contributed by atoms with Crippen LogP contribution < -0.4 is 20.5 Å². The Morgan fingerprint density at radius 1 is 1.19 bits per heavy atom. The average Bonchev–Trinajstić information content (AvgIpc) is 3.11. The van der Waals surface area contributed by atoms with Gasteiger partial charge in [0.2, 0.25) is 5.88 Å². The van der Waals surface area contributed by atoms with Crippen molar-refractivity contribution in [2.24, 2.45) is 0 Å². The lowest BCUT2D eigenvalue weighted by atomic mass is 10.1. The highest BCUT2D eigenvalue weighted by molar-refractivity contribution is 9.10. The fourth-order valence-electron chi connectivity index (χ4n) is 2.81. The van der Waals surface area contributed by atoms with Crippen molar-refractivity contribution in [2.75, 3.05) is 17.7 Å². The Balaban J connectivity index is 1.65. The highest BCUT2D eigenvalue weighted by Gasteiger charge is 2.16. The van der Waals surface area contributed by atoms with Gasteiger partial charge in [0, 0.05) is 28.2 Å². The quantitative estimate of drug-likeness (QED) is 0.628. The molecule has 27 heavy (non-hydrogen) atoms. The molecule has 1 aromatic heterocycles. The molecule has 3 N–H and O–H groups in total. The second-order valence-corrected chi connectivity index (χ2v) is 6.91. The number of anilines is 3. The molecule has 2 heterocycles.